The Morgan fingerprint density at radius 2 is 1.94 bits per heavy atom. The van der Waals surface area contributed by atoms with Crippen LogP contribution in [0.3, 0.4) is 0 Å². The second kappa shape index (κ2) is 11.0. The van der Waals surface area contributed by atoms with Crippen molar-refractivity contribution in [2.75, 3.05) is 26.1 Å². The Hall–Kier alpha value is -3.40. The lowest BCUT2D eigenvalue weighted by atomic mass is 9.88. The highest BCUT2D eigenvalue weighted by atomic mass is 32.1. The normalized spacial score (nSPS) is 15.0. The molecule has 0 saturated heterocycles. The highest BCUT2D eigenvalue weighted by Crippen LogP contribution is 2.40. The minimum atomic E-state index is -0.957. The first-order valence-corrected chi connectivity index (χ1v) is 11.4. The molecule has 10 heteroatoms. The van der Waals surface area contributed by atoms with Crippen molar-refractivity contribution >= 4 is 40.3 Å². The molecule has 1 heterocycles. The lowest BCUT2D eigenvalue weighted by molar-refractivity contribution is -0.136. The predicted octanol–water partition coefficient (Wildman–Crippen LogP) is 3.16. The van der Waals surface area contributed by atoms with Crippen molar-refractivity contribution in [3.63, 3.8) is 0 Å². The fraction of sp³-hybridized carbons (Fsp3) is 0.391. The van der Waals surface area contributed by atoms with E-state index in [0.717, 1.165) is 29.7 Å². The van der Waals surface area contributed by atoms with E-state index in [4.69, 9.17) is 14.2 Å². The van der Waals surface area contributed by atoms with Gasteiger partial charge in [-0.25, -0.2) is 10.2 Å². The number of amides is 2. The monoisotopic (exact) mass is 473 g/mol. The number of carbonyl (C=O) groups is 3. The van der Waals surface area contributed by atoms with E-state index in [2.05, 4.69) is 22.8 Å². The molecule has 2 N–H and O–H groups in total. The summed E-state index contributed by atoms with van der Waals surface area (Å²) in [6.45, 7) is 4.09. The summed E-state index contributed by atoms with van der Waals surface area (Å²) >= 11 is 1.32. The third-order valence-corrected chi connectivity index (χ3v) is 6.38. The molecule has 0 fully saturated rings. The Labute approximate surface area is 196 Å². The maximum absolute atomic E-state index is 12.5. The largest absolute Gasteiger partial charge is 0.493 e. The number of carbonyl (C=O) groups excluding carboxylic acids is 3. The summed E-state index contributed by atoms with van der Waals surface area (Å²) in [5.41, 5.74) is 4.08. The molecule has 0 spiro atoms. The third kappa shape index (κ3) is 5.70. The molecule has 0 unspecified atom stereocenters. The Balaban J connectivity index is 1.70. The number of nitrogens with one attached hydrogen (secondary N) is 2. The van der Waals surface area contributed by atoms with Crippen LogP contribution in [0.4, 0.5) is 5.00 Å². The van der Waals surface area contributed by atoms with Gasteiger partial charge < -0.3 is 19.5 Å². The molecule has 9 nitrogen and oxygen atoms in total. The molecule has 0 aliphatic heterocycles. The van der Waals surface area contributed by atoms with E-state index in [0.29, 0.717) is 33.5 Å². The van der Waals surface area contributed by atoms with Crippen molar-refractivity contribution in [3.8, 4) is 11.5 Å². The highest BCUT2D eigenvalue weighted by Gasteiger charge is 2.30. The van der Waals surface area contributed by atoms with Gasteiger partial charge in [0.2, 0.25) is 0 Å². The van der Waals surface area contributed by atoms with Gasteiger partial charge in [-0.3, -0.25) is 9.59 Å². The first-order chi connectivity index (χ1) is 15.9. The van der Waals surface area contributed by atoms with Crippen LogP contribution >= 0.6 is 11.3 Å². The molecule has 2 amide bonds. The number of fused-ring (bicyclic) bond motifs is 1. The van der Waals surface area contributed by atoms with Crippen molar-refractivity contribution in [2.45, 2.75) is 33.1 Å². The molecule has 1 atom stereocenters. The van der Waals surface area contributed by atoms with E-state index < -0.39 is 17.8 Å². The number of hydrogen-bond acceptors (Lipinski definition) is 8. The van der Waals surface area contributed by atoms with Gasteiger partial charge in [-0.2, -0.15) is 5.10 Å². The zero-order valence-corrected chi connectivity index (χ0v) is 19.8. The van der Waals surface area contributed by atoms with Crippen LogP contribution < -0.4 is 20.2 Å². The van der Waals surface area contributed by atoms with Crippen molar-refractivity contribution in [2.24, 2.45) is 11.0 Å². The van der Waals surface area contributed by atoms with Gasteiger partial charge in [-0.15, -0.1) is 11.3 Å². The minimum absolute atomic E-state index is 0.221. The number of methoxy groups -OCH3 is 2. The lowest BCUT2D eigenvalue weighted by Crippen LogP contribution is -2.32. The average Bonchev–Trinajstić information content (AvgIpc) is 3.15. The second-order valence-electron chi connectivity index (χ2n) is 7.54. The lowest BCUT2D eigenvalue weighted by Gasteiger charge is -2.18. The van der Waals surface area contributed by atoms with Crippen molar-refractivity contribution < 1.29 is 28.6 Å². The number of anilines is 1. The molecule has 1 aliphatic rings. The van der Waals surface area contributed by atoms with Crippen molar-refractivity contribution in [1.82, 2.24) is 5.43 Å². The maximum Gasteiger partial charge on any atom is 0.341 e. The number of esters is 1. The Morgan fingerprint density at radius 3 is 2.64 bits per heavy atom. The molecule has 0 bridgehead atoms. The fourth-order valence-corrected chi connectivity index (χ4v) is 4.96. The van der Waals surface area contributed by atoms with Crippen LogP contribution in [-0.2, 0) is 27.2 Å². The van der Waals surface area contributed by atoms with Crippen LogP contribution in [0.15, 0.2) is 23.3 Å². The SMILES string of the molecule is CCOC(=O)c1c(NC(=O)C(=O)N/N=C\c2ccc(OC)c(OC)c2)sc2c1CC[C@H](C)C2. The van der Waals surface area contributed by atoms with Crippen molar-refractivity contribution in [3.05, 3.63) is 39.8 Å². The van der Waals surface area contributed by atoms with Gasteiger partial charge in [0.05, 0.1) is 32.6 Å². The average molecular weight is 474 g/mol. The van der Waals surface area contributed by atoms with Crippen LogP contribution in [0.2, 0.25) is 0 Å². The molecule has 176 valence electrons. The van der Waals surface area contributed by atoms with Gasteiger partial charge in [0.1, 0.15) is 5.00 Å². The van der Waals surface area contributed by atoms with Crippen LogP contribution in [0.5, 0.6) is 11.5 Å². The Morgan fingerprint density at radius 1 is 1.18 bits per heavy atom. The molecule has 3 rings (SSSR count). The first kappa shape index (κ1) is 24.2. The van der Waals surface area contributed by atoms with Gasteiger partial charge in [0.25, 0.3) is 0 Å². The summed E-state index contributed by atoms with van der Waals surface area (Å²) in [7, 11) is 3.04. The fourth-order valence-electron chi connectivity index (χ4n) is 3.57. The highest BCUT2D eigenvalue weighted by molar-refractivity contribution is 7.17. The van der Waals surface area contributed by atoms with E-state index in [-0.39, 0.29) is 6.61 Å². The number of hydrogen-bond donors (Lipinski definition) is 2. The van der Waals surface area contributed by atoms with Crippen molar-refractivity contribution in [1.29, 1.82) is 0 Å². The molecule has 0 saturated carbocycles. The number of ether oxygens (including phenoxy) is 3. The third-order valence-electron chi connectivity index (χ3n) is 5.21. The van der Waals surface area contributed by atoms with Gasteiger partial charge in [-0.1, -0.05) is 6.92 Å². The van der Waals surface area contributed by atoms with Crippen LogP contribution in [-0.4, -0.2) is 44.8 Å². The molecule has 1 aromatic heterocycles. The molecule has 1 aliphatic carbocycles. The second-order valence-corrected chi connectivity index (χ2v) is 8.65. The summed E-state index contributed by atoms with van der Waals surface area (Å²) < 4.78 is 15.6. The van der Waals surface area contributed by atoms with E-state index in [1.807, 2.05) is 0 Å². The summed E-state index contributed by atoms with van der Waals surface area (Å²) in [6, 6.07) is 5.10. The van der Waals surface area contributed by atoms with Gasteiger partial charge >= 0.3 is 17.8 Å². The molecule has 1 aromatic carbocycles. The smallest absolute Gasteiger partial charge is 0.341 e. The van der Waals surface area contributed by atoms with Crippen LogP contribution in [0, 0.1) is 5.92 Å². The van der Waals surface area contributed by atoms with E-state index in [1.165, 1.54) is 31.8 Å². The number of benzene rings is 1. The number of rotatable bonds is 7. The molecule has 33 heavy (non-hydrogen) atoms. The first-order valence-electron chi connectivity index (χ1n) is 10.6. The molecule has 0 radical (unpaired) electrons. The summed E-state index contributed by atoms with van der Waals surface area (Å²) in [6.07, 6.45) is 3.89. The van der Waals surface area contributed by atoms with Gasteiger partial charge in [0, 0.05) is 4.88 Å². The van der Waals surface area contributed by atoms with E-state index in [9.17, 15) is 14.4 Å². The quantitative estimate of drug-likeness (QED) is 0.276. The molecular weight excluding hydrogens is 446 g/mol. The summed E-state index contributed by atoms with van der Waals surface area (Å²) in [4.78, 5) is 38.3. The minimum Gasteiger partial charge on any atom is -0.493 e. The number of thiophene rings is 1. The zero-order chi connectivity index (χ0) is 24.0. The summed E-state index contributed by atoms with van der Waals surface area (Å²) in [5, 5.41) is 6.72. The van der Waals surface area contributed by atoms with Crippen LogP contribution in [0.1, 0.15) is 46.6 Å². The maximum atomic E-state index is 12.5. The van der Waals surface area contributed by atoms with E-state index >= 15 is 0 Å². The molecular formula is C23H27N3O6S. The Bertz CT molecular complexity index is 1080. The van der Waals surface area contributed by atoms with Gasteiger partial charge in [-0.05, 0) is 61.4 Å². The zero-order valence-electron chi connectivity index (χ0n) is 19.0. The topological polar surface area (TPSA) is 115 Å². The number of nitrogens with zero attached hydrogens (tertiary/aromatic N) is 1. The summed E-state index contributed by atoms with van der Waals surface area (Å²) in [5.74, 6) is -0.815. The van der Waals surface area contributed by atoms with Gasteiger partial charge in [0.15, 0.2) is 11.5 Å². The number of hydrazone groups is 1. The molecule has 2 aromatic rings. The van der Waals surface area contributed by atoms with Crippen LogP contribution in [0.25, 0.3) is 0 Å². The Kier molecular flexibility index (Phi) is 8.05. The standard InChI is InChI=1S/C23H27N3O6S/c1-5-32-23(29)19-15-8-6-13(2)10-18(15)33-22(19)25-20(27)21(28)26-24-12-14-7-9-16(30-3)17(11-14)31-4/h7,9,11-13H,5-6,8,10H2,1-4H3,(H,25,27)(H,26,28)/b24-12-/t13-/m0/s1. The predicted molar refractivity (Wildman–Crippen MR) is 125 cm³/mol. The van der Waals surface area contributed by atoms with E-state index in [1.54, 1.807) is 25.1 Å².